The number of fused-ring (bicyclic) bond motifs is 1. The molecule has 4 aromatic rings. The molecular weight excluding hydrogens is 754 g/mol. The SMILES string of the molecule is CCOC(=O)C1=C(C)N=c2s/c(=C\c3cc(Br)c(OCc4ccccc4C#N)c(OC)c3)c(=O)n2[C@@H]1c1cc(OC)c(OC)cc1Br. The predicted molar refractivity (Wildman–Crippen MR) is 184 cm³/mol. The van der Waals surface area contributed by atoms with Crippen molar-refractivity contribution < 1.29 is 28.5 Å². The Kier molecular flexibility index (Phi) is 10.5. The van der Waals surface area contributed by atoms with Gasteiger partial charge in [0.05, 0.1) is 65.9 Å². The van der Waals surface area contributed by atoms with Gasteiger partial charge < -0.3 is 23.7 Å². The van der Waals surface area contributed by atoms with Crippen LogP contribution in [0, 0.1) is 11.3 Å². The predicted octanol–water partition coefficient (Wildman–Crippen LogP) is 5.80. The Morgan fingerprint density at radius 2 is 1.74 bits per heavy atom. The van der Waals surface area contributed by atoms with E-state index in [4.69, 9.17) is 23.7 Å². The normalized spacial score (nSPS) is 14.2. The summed E-state index contributed by atoms with van der Waals surface area (Å²) in [4.78, 5) is 32.6. The molecule has 1 aliphatic rings. The van der Waals surface area contributed by atoms with Crippen LogP contribution in [0.1, 0.15) is 42.1 Å². The van der Waals surface area contributed by atoms with E-state index in [0.717, 1.165) is 5.56 Å². The molecule has 1 aliphatic heterocycles. The van der Waals surface area contributed by atoms with Crippen LogP contribution in [0.4, 0.5) is 0 Å². The second-order valence-electron chi connectivity index (χ2n) is 10.1. The van der Waals surface area contributed by atoms with Gasteiger partial charge in [0.25, 0.3) is 5.56 Å². The van der Waals surface area contributed by atoms with Crippen molar-refractivity contribution in [1.82, 2.24) is 4.57 Å². The number of hydrogen-bond acceptors (Lipinski definition) is 10. The fraction of sp³-hybridized carbons (Fsp3) is 0.235. The minimum Gasteiger partial charge on any atom is -0.493 e. The number of aromatic nitrogens is 1. The van der Waals surface area contributed by atoms with Crippen molar-refractivity contribution in [1.29, 1.82) is 5.26 Å². The van der Waals surface area contributed by atoms with Crippen LogP contribution in [0.25, 0.3) is 6.08 Å². The summed E-state index contributed by atoms with van der Waals surface area (Å²) in [5.74, 6) is 1.22. The standard InChI is InChI=1S/C34H29Br2N3O7S/c1-6-45-33(41)29-18(2)38-34-39(30(29)22-14-25(42-3)26(43-4)15-23(22)35)32(40)28(47-34)13-19-11-24(36)31(27(12-19)44-5)46-17-21-10-8-7-9-20(21)16-37/h7-15,30H,6,17H2,1-5H3/b28-13-/t30-/m1/s1. The summed E-state index contributed by atoms with van der Waals surface area (Å²) in [7, 11) is 4.57. The molecule has 0 aliphatic carbocycles. The lowest BCUT2D eigenvalue weighted by Gasteiger charge is -2.26. The molecule has 0 radical (unpaired) electrons. The molecule has 1 atom stereocenters. The van der Waals surface area contributed by atoms with Gasteiger partial charge in [-0.15, -0.1) is 0 Å². The molecule has 1 aromatic heterocycles. The number of allylic oxidation sites excluding steroid dienone is 1. The number of carbonyl (C=O) groups is 1. The zero-order valence-electron chi connectivity index (χ0n) is 26.1. The van der Waals surface area contributed by atoms with Gasteiger partial charge in [0, 0.05) is 10.0 Å². The highest BCUT2D eigenvalue weighted by atomic mass is 79.9. The van der Waals surface area contributed by atoms with Gasteiger partial charge in [-0.3, -0.25) is 9.36 Å². The van der Waals surface area contributed by atoms with Gasteiger partial charge in [0.1, 0.15) is 6.61 Å². The highest BCUT2D eigenvalue weighted by Crippen LogP contribution is 2.41. The van der Waals surface area contributed by atoms with E-state index in [-0.39, 0.29) is 24.3 Å². The second kappa shape index (κ2) is 14.6. The fourth-order valence-electron chi connectivity index (χ4n) is 5.18. The Bertz CT molecular complexity index is 2130. The second-order valence-corrected chi connectivity index (χ2v) is 12.8. The first-order chi connectivity index (χ1) is 22.6. The molecule has 0 saturated carbocycles. The average Bonchev–Trinajstić information content (AvgIpc) is 3.36. The Morgan fingerprint density at radius 1 is 1.04 bits per heavy atom. The number of nitriles is 1. The van der Waals surface area contributed by atoms with E-state index in [1.54, 1.807) is 50.3 Å². The Labute approximate surface area is 291 Å². The summed E-state index contributed by atoms with van der Waals surface area (Å²) >= 11 is 8.40. The molecule has 0 saturated heterocycles. The zero-order chi connectivity index (χ0) is 33.8. The van der Waals surface area contributed by atoms with Crippen LogP contribution in [-0.4, -0.2) is 38.5 Å². The smallest absolute Gasteiger partial charge is 0.338 e. The van der Waals surface area contributed by atoms with E-state index in [9.17, 15) is 14.9 Å². The van der Waals surface area contributed by atoms with Crippen LogP contribution in [0.3, 0.4) is 0 Å². The first-order valence-corrected chi connectivity index (χ1v) is 16.6. The molecular formula is C34H29Br2N3O7S. The first kappa shape index (κ1) is 34.0. The molecule has 0 amide bonds. The van der Waals surface area contributed by atoms with Crippen LogP contribution in [0.2, 0.25) is 0 Å². The van der Waals surface area contributed by atoms with E-state index >= 15 is 0 Å². The fourth-order valence-corrected chi connectivity index (χ4v) is 7.34. The van der Waals surface area contributed by atoms with Crippen LogP contribution in [-0.2, 0) is 16.1 Å². The maximum absolute atomic E-state index is 14.2. The van der Waals surface area contributed by atoms with Crippen molar-refractivity contribution in [2.75, 3.05) is 27.9 Å². The zero-order valence-corrected chi connectivity index (χ0v) is 30.0. The van der Waals surface area contributed by atoms with Gasteiger partial charge in [0.15, 0.2) is 27.8 Å². The van der Waals surface area contributed by atoms with Gasteiger partial charge in [0.2, 0.25) is 0 Å². The topological polar surface area (TPSA) is 121 Å². The molecule has 0 N–H and O–H groups in total. The number of carbonyl (C=O) groups excluding carboxylic acids is 1. The van der Waals surface area contributed by atoms with Crippen molar-refractivity contribution >= 4 is 55.2 Å². The van der Waals surface area contributed by atoms with Gasteiger partial charge in [-0.2, -0.15) is 5.26 Å². The molecule has 242 valence electrons. The molecule has 3 aromatic carbocycles. The largest absolute Gasteiger partial charge is 0.493 e. The summed E-state index contributed by atoms with van der Waals surface area (Å²) in [6.45, 7) is 3.75. The third-order valence-electron chi connectivity index (χ3n) is 7.37. The molecule has 47 heavy (non-hydrogen) atoms. The van der Waals surface area contributed by atoms with Crippen molar-refractivity contribution in [3.63, 3.8) is 0 Å². The molecule has 0 spiro atoms. The molecule has 5 rings (SSSR count). The highest BCUT2D eigenvalue weighted by molar-refractivity contribution is 9.10. The number of ether oxygens (including phenoxy) is 5. The molecule has 10 nitrogen and oxygen atoms in total. The lowest BCUT2D eigenvalue weighted by atomic mass is 9.95. The minimum absolute atomic E-state index is 0.154. The van der Waals surface area contributed by atoms with Crippen LogP contribution >= 0.6 is 43.2 Å². The van der Waals surface area contributed by atoms with E-state index in [1.165, 1.54) is 37.2 Å². The van der Waals surface area contributed by atoms with Crippen molar-refractivity contribution in [3.05, 3.63) is 111 Å². The average molecular weight is 783 g/mol. The van der Waals surface area contributed by atoms with Crippen LogP contribution in [0.5, 0.6) is 23.0 Å². The summed E-state index contributed by atoms with van der Waals surface area (Å²) in [5.41, 5.74) is 2.84. The minimum atomic E-state index is -0.866. The Balaban J connectivity index is 1.62. The highest BCUT2D eigenvalue weighted by Gasteiger charge is 2.35. The third kappa shape index (κ3) is 6.72. The van der Waals surface area contributed by atoms with Gasteiger partial charge in [-0.1, -0.05) is 45.5 Å². The Hall–Kier alpha value is -4.38. The molecule has 0 fully saturated rings. The summed E-state index contributed by atoms with van der Waals surface area (Å²) < 4.78 is 31.2. The van der Waals surface area contributed by atoms with Crippen molar-refractivity contribution in [2.24, 2.45) is 4.99 Å². The summed E-state index contributed by atoms with van der Waals surface area (Å²) in [5, 5.41) is 9.44. The van der Waals surface area contributed by atoms with Gasteiger partial charge >= 0.3 is 5.97 Å². The number of methoxy groups -OCH3 is 3. The van der Waals surface area contributed by atoms with Crippen molar-refractivity contribution in [3.8, 4) is 29.1 Å². The lowest BCUT2D eigenvalue weighted by molar-refractivity contribution is -0.139. The monoisotopic (exact) mass is 781 g/mol. The van der Waals surface area contributed by atoms with Gasteiger partial charge in [-0.25, -0.2) is 9.79 Å². The number of benzene rings is 3. The number of thiazole rings is 1. The summed E-state index contributed by atoms with van der Waals surface area (Å²) in [6, 6.07) is 15.5. The molecule has 13 heteroatoms. The number of rotatable bonds is 10. The lowest BCUT2D eigenvalue weighted by Crippen LogP contribution is -2.40. The molecule has 0 unspecified atom stereocenters. The van der Waals surface area contributed by atoms with E-state index in [2.05, 4.69) is 42.9 Å². The van der Waals surface area contributed by atoms with E-state index in [0.29, 0.717) is 63.7 Å². The van der Waals surface area contributed by atoms with Crippen LogP contribution < -0.4 is 33.8 Å². The third-order valence-corrected chi connectivity index (χ3v) is 9.63. The van der Waals surface area contributed by atoms with Crippen LogP contribution in [0.15, 0.2) is 78.5 Å². The molecule has 0 bridgehead atoms. The maximum atomic E-state index is 14.2. The van der Waals surface area contributed by atoms with E-state index in [1.807, 2.05) is 18.2 Å². The number of hydrogen-bond donors (Lipinski definition) is 0. The number of esters is 1. The summed E-state index contributed by atoms with van der Waals surface area (Å²) in [6.07, 6.45) is 1.73. The maximum Gasteiger partial charge on any atom is 0.338 e. The Morgan fingerprint density at radius 3 is 2.43 bits per heavy atom. The quantitative estimate of drug-likeness (QED) is 0.185. The van der Waals surface area contributed by atoms with Gasteiger partial charge in [-0.05, 0) is 77.3 Å². The van der Waals surface area contributed by atoms with Crippen molar-refractivity contribution in [2.45, 2.75) is 26.5 Å². The number of nitrogens with zero attached hydrogens (tertiary/aromatic N) is 3. The first-order valence-electron chi connectivity index (χ1n) is 14.2. The molecule has 2 heterocycles. The van der Waals surface area contributed by atoms with E-state index < -0.39 is 12.0 Å². The number of halogens is 2.